The topological polar surface area (TPSA) is 89.3 Å². The van der Waals surface area contributed by atoms with Gasteiger partial charge in [0.05, 0.1) is 23.2 Å². The van der Waals surface area contributed by atoms with Gasteiger partial charge in [0, 0.05) is 17.5 Å². The van der Waals surface area contributed by atoms with Crippen LogP contribution in [0.3, 0.4) is 0 Å². The molecule has 1 saturated heterocycles. The second-order valence-corrected chi connectivity index (χ2v) is 11.1. The molecule has 3 heterocycles. The Morgan fingerprint density at radius 1 is 1.41 bits per heavy atom. The van der Waals surface area contributed by atoms with Gasteiger partial charge in [0.15, 0.2) is 9.84 Å². The van der Waals surface area contributed by atoms with E-state index in [4.69, 9.17) is 0 Å². The number of thiophene rings is 1. The average Bonchev–Trinajstić information content (AvgIpc) is 3.07. The van der Waals surface area contributed by atoms with Gasteiger partial charge >= 0.3 is 0 Å². The van der Waals surface area contributed by atoms with E-state index in [1.54, 1.807) is 4.90 Å². The quantitative estimate of drug-likeness (QED) is 0.748. The third-order valence-electron chi connectivity index (χ3n) is 4.99. The predicted molar refractivity (Wildman–Crippen MR) is 107 cm³/mol. The van der Waals surface area contributed by atoms with Crippen molar-refractivity contribution in [2.24, 2.45) is 5.92 Å². The molecule has 0 bridgehead atoms. The molecule has 0 saturated carbocycles. The minimum Gasteiger partial charge on any atom is -0.337 e. The van der Waals surface area contributed by atoms with Crippen LogP contribution < -0.4 is 5.56 Å². The molecule has 148 valence electrons. The van der Waals surface area contributed by atoms with Crippen molar-refractivity contribution in [3.8, 4) is 0 Å². The molecule has 27 heavy (non-hydrogen) atoms. The lowest BCUT2D eigenvalue weighted by atomic mass is 10.1. The molecule has 1 atom stereocenters. The van der Waals surface area contributed by atoms with E-state index in [-0.39, 0.29) is 41.5 Å². The van der Waals surface area contributed by atoms with Crippen LogP contribution in [0.5, 0.6) is 0 Å². The highest BCUT2D eigenvalue weighted by molar-refractivity contribution is 7.91. The number of aryl methyl sites for hydroxylation is 2. The lowest BCUT2D eigenvalue weighted by Crippen LogP contribution is -2.45. The van der Waals surface area contributed by atoms with E-state index in [0.717, 1.165) is 10.4 Å². The van der Waals surface area contributed by atoms with Crippen molar-refractivity contribution in [2.75, 3.05) is 18.1 Å². The first-order valence-corrected chi connectivity index (χ1v) is 11.7. The number of carbonyl (C=O) groups excluding carboxylic acids is 1. The molecule has 1 aliphatic rings. The number of hydrogen-bond acceptors (Lipinski definition) is 6. The second kappa shape index (κ2) is 7.35. The second-order valence-electron chi connectivity index (χ2n) is 7.64. The van der Waals surface area contributed by atoms with Crippen LogP contribution in [0.25, 0.3) is 10.2 Å². The molecular formula is C18H25N3O4S2. The number of fused-ring (bicyclic) bond motifs is 1. The van der Waals surface area contributed by atoms with Gasteiger partial charge in [0.25, 0.3) is 5.56 Å². The lowest BCUT2D eigenvalue weighted by Gasteiger charge is -2.30. The third kappa shape index (κ3) is 4.08. The van der Waals surface area contributed by atoms with Crippen LogP contribution in [0.2, 0.25) is 0 Å². The average molecular weight is 412 g/mol. The van der Waals surface area contributed by atoms with Crippen LogP contribution in [-0.2, 0) is 21.2 Å². The largest absolute Gasteiger partial charge is 0.337 e. The molecule has 0 aliphatic carbocycles. The Balaban J connectivity index is 1.89. The molecule has 9 heteroatoms. The minimum atomic E-state index is -3.10. The summed E-state index contributed by atoms with van der Waals surface area (Å²) < 4.78 is 25.0. The standard InChI is InChI=1S/C18H25N3O4S2/c1-11(2)7-21(14-5-6-27(24,25)9-14)15(22)8-20-10-19-17-16(18(20)23)12(3)13(4)26-17/h10-11,14H,5-9H2,1-4H3/t14-/m1/s1. The van der Waals surface area contributed by atoms with Gasteiger partial charge in [-0.3, -0.25) is 14.2 Å². The molecule has 2 aromatic rings. The Kier molecular flexibility index (Phi) is 5.45. The summed E-state index contributed by atoms with van der Waals surface area (Å²) in [5.41, 5.74) is 0.675. The molecular weight excluding hydrogens is 386 g/mol. The lowest BCUT2D eigenvalue weighted by molar-refractivity contribution is -0.134. The van der Waals surface area contributed by atoms with Crippen molar-refractivity contribution < 1.29 is 13.2 Å². The summed E-state index contributed by atoms with van der Waals surface area (Å²) in [4.78, 5) is 33.5. The number of nitrogens with zero attached hydrogens (tertiary/aromatic N) is 3. The van der Waals surface area contributed by atoms with Gasteiger partial charge in [-0.2, -0.15) is 0 Å². The van der Waals surface area contributed by atoms with Gasteiger partial charge in [0.1, 0.15) is 11.4 Å². The monoisotopic (exact) mass is 411 g/mol. The van der Waals surface area contributed by atoms with Crippen LogP contribution in [0.15, 0.2) is 11.1 Å². The first kappa shape index (κ1) is 20.0. The number of carbonyl (C=O) groups is 1. The van der Waals surface area contributed by atoms with Crippen molar-refractivity contribution in [2.45, 2.75) is 46.7 Å². The van der Waals surface area contributed by atoms with Crippen molar-refractivity contribution >= 4 is 37.3 Å². The van der Waals surface area contributed by atoms with Crippen LogP contribution in [-0.4, -0.2) is 52.9 Å². The van der Waals surface area contributed by atoms with Gasteiger partial charge in [0.2, 0.25) is 5.91 Å². The van der Waals surface area contributed by atoms with E-state index in [9.17, 15) is 18.0 Å². The maximum absolute atomic E-state index is 13.0. The summed E-state index contributed by atoms with van der Waals surface area (Å²) in [6.45, 7) is 8.15. The zero-order valence-electron chi connectivity index (χ0n) is 16.1. The number of amides is 1. The molecule has 0 unspecified atom stereocenters. The van der Waals surface area contributed by atoms with Gasteiger partial charge in [-0.15, -0.1) is 11.3 Å². The van der Waals surface area contributed by atoms with Gasteiger partial charge in [-0.05, 0) is 31.7 Å². The Bertz CT molecular complexity index is 1040. The first-order valence-electron chi connectivity index (χ1n) is 9.04. The van der Waals surface area contributed by atoms with E-state index in [1.807, 2.05) is 27.7 Å². The summed E-state index contributed by atoms with van der Waals surface area (Å²) in [5, 5.41) is 0.562. The maximum Gasteiger partial charge on any atom is 0.262 e. The zero-order chi connectivity index (χ0) is 19.9. The Labute approximate surface area is 162 Å². The smallest absolute Gasteiger partial charge is 0.262 e. The van der Waals surface area contributed by atoms with Crippen molar-refractivity contribution in [3.63, 3.8) is 0 Å². The van der Waals surface area contributed by atoms with Gasteiger partial charge in [-0.1, -0.05) is 13.8 Å². The van der Waals surface area contributed by atoms with E-state index in [2.05, 4.69) is 4.98 Å². The Hall–Kier alpha value is -1.74. The number of sulfone groups is 1. The summed E-state index contributed by atoms with van der Waals surface area (Å²) >= 11 is 1.47. The fourth-order valence-corrected chi connectivity index (χ4v) is 6.21. The first-order chi connectivity index (χ1) is 12.6. The van der Waals surface area contributed by atoms with E-state index in [1.165, 1.54) is 22.2 Å². The van der Waals surface area contributed by atoms with Crippen molar-refractivity contribution in [1.82, 2.24) is 14.5 Å². The molecule has 0 radical (unpaired) electrons. The SMILES string of the molecule is Cc1sc2ncn(CC(=O)N(CC(C)C)[C@@H]3CCS(=O)(=O)C3)c(=O)c2c1C. The molecule has 0 N–H and O–H groups in total. The van der Waals surface area contributed by atoms with E-state index < -0.39 is 9.84 Å². The molecule has 7 nitrogen and oxygen atoms in total. The Morgan fingerprint density at radius 2 is 2.11 bits per heavy atom. The number of hydrogen-bond donors (Lipinski definition) is 0. The molecule has 1 amide bonds. The highest BCUT2D eigenvalue weighted by Crippen LogP contribution is 2.25. The van der Waals surface area contributed by atoms with Gasteiger partial charge < -0.3 is 4.90 Å². The fraction of sp³-hybridized carbons (Fsp3) is 0.611. The fourth-order valence-electron chi connectivity index (χ4n) is 3.49. The number of rotatable bonds is 5. The summed E-state index contributed by atoms with van der Waals surface area (Å²) in [5.74, 6) is 0.0796. The molecule has 0 aromatic carbocycles. The molecule has 0 spiro atoms. The summed E-state index contributed by atoms with van der Waals surface area (Å²) in [7, 11) is -3.10. The normalized spacial score (nSPS) is 19.1. The van der Waals surface area contributed by atoms with Crippen LogP contribution in [0, 0.1) is 19.8 Å². The minimum absolute atomic E-state index is 0.000473. The number of aromatic nitrogens is 2. The maximum atomic E-state index is 13.0. The predicted octanol–water partition coefficient (Wildman–Crippen LogP) is 1.75. The highest BCUT2D eigenvalue weighted by Gasteiger charge is 2.35. The summed E-state index contributed by atoms with van der Waals surface area (Å²) in [6.07, 6.45) is 1.87. The third-order valence-corrected chi connectivity index (χ3v) is 7.86. The molecule has 1 aliphatic heterocycles. The van der Waals surface area contributed by atoms with E-state index >= 15 is 0 Å². The Morgan fingerprint density at radius 3 is 2.70 bits per heavy atom. The molecule has 3 rings (SSSR count). The molecule has 2 aromatic heterocycles. The van der Waals surface area contributed by atoms with Crippen LogP contribution >= 0.6 is 11.3 Å². The highest BCUT2D eigenvalue weighted by atomic mass is 32.2. The van der Waals surface area contributed by atoms with E-state index in [0.29, 0.717) is 23.2 Å². The molecule has 1 fully saturated rings. The summed E-state index contributed by atoms with van der Waals surface area (Å²) in [6, 6.07) is -0.317. The van der Waals surface area contributed by atoms with Crippen molar-refractivity contribution in [1.29, 1.82) is 0 Å². The van der Waals surface area contributed by atoms with Gasteiger partial charge in [-0.25, -0.2) is 13.4 Å². The zero-order valence-corrected chi connectivity index (χ0v) is 17.7. The van der Waals surface area contributed by atoms with Crippen LogP contribution in [0.1, 0.15) is 30.7 Å². The van der Waals surface area contributed by atoms with Crippen LogP contribution in [0.4, 0.5) is 0 Å². The van der Waals surface area contributed by atoms with Crippen molar-refractivity contribution in [3.05, 3.63) is 27.1 Å².